The van der Waals surface area contributed by atoms with Gasteiger partial charge in [-0.25, -0.2) is 16.8 Å². The molecule has 2 unspecified atom stereocenters. The van der Waals surface area contributed by atoms with Crippen molar-refractivity contribution < 1.29 is 16.8 Å². The molecule has 1 aliphatic rings. The summed E-state index contributed by atoms with van der Waals surface area (Å²) in [5, 5.41) is 3.24. The first kappa shape index (κ1) is 17.0. The van der Waals surface area contributed by atoms with Crippen molar-refractivity contribution >= 4 is 25.4 Å². The normalized spacial score (nSPS) is 20.6. The highest BCUT2D eigenvalue weighted by molar-refractivity contribution is 7.91. The van der Waals surface area contributed by atoms with E-state index in [1.54, 1.807) is 0 Å². The molecule has 0 heterocycles. The van der Waals surface area contributed by atoms with Crippen molar-refractivity contribution in [3.05, 3.63) is 54.1 Å². The van der Waals surface area contributed by atoms with Crippen LogP contribution in [0, 0.1) is 0 Å². The molecule has 1 aliphatic carbocycles. The topological polar surface area (TPSA) is 80.3 Å². The SMILES string of the molecule is CS(=O)(=O)c1ccc(NC2CC2c2ccccc2)c(S(C)(=O)=O)c1. The average Bonchev–Trinajstić information content (AvgIpc) is 3.25. The van der Waals surface area contributed by atoms with Gasteiger partial charge in [-0.05, 0) is 30.2 Å². The standard InChI is InChI=1S/C17H19NO4S2/c1-23(19,20)13-8-9-15(17(10-13)24(2,21)22)18-16-11-14(16)12-6-4-3-5-7-12/h3-10,14,16,18H,11H2,1-2H3. The lowest BCUT2D eigenvalue weighted by Gasteiger charge is -2.12. The summed E-state index contributed by atoms with van der Waals surface area (Å²) in [6, 6.07) is 14.4. The van der Waals surface area contributed by atoms with Crippen LogP contribution in [-0.2, 0) is 19.7 Å². The number of hydrogen-bond acceptors (Lipinski definition) is 5. The summed E-state index contributed by atoms with van der Waals surface area (Å²) in [7, 11) is -7.00. The van der Waals surface area contributed by atoms with E-state index in [1.807, 2.05) is 18.2 Å². The summed E-state index contributed by atoms with van der Waals surface area (Å²) in [4.78, 5) is 0.0213. The molecule has 24 heavy (non-hydrogen) atoms. The van der Waals surface area contributed by atoms with Crippen LogP contribution in [-0.4, -0.2) is 35.4 Å². The molecule has 0 saturated heterocycles. The largest absolute Gasteiger partial charge is 0.381 e. The molecule has 0 radical (unpaired) electrons. The van der Waals surface area contributed by atoms with Gasteiger partial charge in [0.05, 0.1) is 15.5 Å². The third kappa shape index (κ3) is 3.62. The van der Waals surface area contributed by atoms with E-state index < -0.39 is 19.7 Å². The van der Waals surface area contributed by atoms with Crippen molar-refractivity contribution in [1.82, 2.24) is 0 Å². The Hall–Kier alpha value is -1.86. The molecule has 2 aromatic carbocycles. The number of sulfone groups is 2. The zero-order valence-electron chi connectivity index (χ0n) is 13.4. The molecule has 0 bridgehead atoms. The van der Waals surface area contributed by atoms with E-state index >= 15 is 0 Å². The zero-order valence-corrected chi connectivity index (χ0v) is 15.1. The molecule has 128 valence electrons. The van der Waals surface area contributed by atoms with Crippen LogP contribution in [0.5, 0.6) is 0 Å². The minimum Gasteiger partial charge on any atom is -0.381 e. The van der Waals surface area contributed by atoms with Crippen molar-refractivity contribution in [1.29, 1.82) is 0 Å². The van der Waals surface area contributed by atoms with Crippen LogP contribution in [0.1, 0.15) is 17.9 Å². The van der Waals surface area contributed by atoms with Crippen LogP contribution >= 0.6 is 0 Å². The first-order chi connectivity index (χ1) is 11.2. The summed E-state index contributed by atoms with van der Waals surface area (Å²) in [6.45, 7) is 0. The summed E-state index contributed by atoms with van der Waals surface area (Å²) in [5.74, 6) is 0.341. The Bertz CT molecular complexity index is 967. The molecule has 2 aromatic rings. The average molecular weight is 365 g/mol. The summed E-state index contributed by atoms with van der Waals surface area (Å²) < 4.78 is 47.5. The fourth-order valence-electron chi connectivity index (χ4n) is 2.78. The predicted octanol–water partition coefficient (Wildman–Crippen LogP) is 2.46. The number of hydrogen-bond donors (Lipinski definition) is 1. The van der Waals surface area contributed by atoms with Crippen LogP contribution in [0.2, 0.25) is 0 Å². The lowest BCUT2D eigenvalue weighted by Crippen LogP contribution is -2.10. The maximum Gasteiger partial charge on any atom is 0.177 e. The van der Waals surface area contributed by atoms with E-state index in [9.17, 15) is 16.8 Å². The van der Waals surface area contributed by atoms with E-state index in [2.05, 4.69) is 17.4 Å². The van der Waals surface area contributed by atoms with Gasteiger partial charge in [-0.15, -0.1) is 0 Å². The van der Waals surface area contributed by atoms with Crippen molar-refractivity contribution in [2.24, 2.45) is 0 Å². The van der Waals surface area contributed by atoms with Crippen LogP contribution in [0.15, 0.2) is 58.3 Å². The van der Waals surface area contributed by atoms with Crippen LogP contribution in [0.4, 0.5) is 5.69 Å². The Kier molecular flexibility index (Phi) is 4.17. The number of rotatable bonds is 5. The number of nitrogens with one attached hydrogen (secondary N) is 1. The van der Waals surface area contributed by atoms with Gasteiger partial charge in [-0.2, -0.15) is 0 Å². The van der Waals surface area contributed by atoms with Gasteiger partial charge in [0.15, 0.2) is 19.7 Å². The van der Waals surface area contributed by atoms with Gasteiger partial charge in [0.25, 0.3) is 0 Å². The molecule has 1 saturated carbocycles. The van der Waals surface area contributed by atoms with Crippen molar-refractivity contribution in [3.63, 3.8) is 0 Å². The molecule has 1 N–H and O–H groups in total. The van der Waals surface area contributed by atoms with Gasteiger partial charge in [0, 0.05) is 24.5 Å². The zero-order chi connectivity index (χ0) is 17.5. The maximum absolute atomic E-state index is 12.1. The second-order valence-corrected chi connectivity index (χ2v) is 10.2. The lowest BCUT2D eigenvalue weighted by atomic mass is 10.1. The molecule has 2 atom stereocenters. The van der Waals surface area contributed by atoms with E-state index in [-0.39, 0.29) is 15.8 Å². The summed E-state index contributed by atoms with van der Waals surface area (Å²) in [6.07, 6.45) is 3.07. The van der Waals surface area contributed by atoms with Crippen LogP contribution < -0.4 is 5.32 Å². The Morgan fingerprint density at radius 3 is 2.17 bits per heavy atom. The highest BCUT2D eigenvalue weighted by Crippen LogP contribution is 2.43. The Labute approximate surface area is 142 Å². The Morgan fingerprint density at radius 1 is 0.917 bits per heavy atom. The molecule has 0 aliphatic heterocycles. The Balaban J connectivity index is 1.89. The summed E-state index contributed by atoms with van der Waals surface area (Å²) >= 11 is 0. The molecular weight excluding hydrogens is 346 g/mol. The minimum absolute atomic E-state index is 0.00359. The van der Waals surface area contributed by atoms with E-state index in [0.29, 0.717) is 11.6 Å². The van der Waals surface area contributed by atoms with Crippen LogP contribution in [0.3, 0.4) is 0 Å². The highest BCUT2D eigenvalue weighted by atomic mass is 32.2. The molecule has 0 amide bonds. The third-order valence-corrected chi connectivity index (χ3v) is 6.39. The second kappa shape index (κ2) is 5.89. The fourth-order valence-corrected chi connectivity index (χ4v) is 4.37. The summed E-state index contributed by atoms with van der Waals surface area (Å²) in [5.41, 5.74) is 1.66. The molecule has 5 nitrogen and oxygen atoms in total. The quantitative estimate of drug-likeness (QED) is 0.880. The predicted molar refractivity (Wildman–Crippen MR) is 93.9 cm³/mol. The van der Waals surface area contributed by atoms with E-state index in [4.69, 9.17) is 0 Å². The van der Waals surface area contributed by atoms with Crippen molar-refractivity contribution in [2.75, 3.05) is 17.8 Å². The van der Waals surface area contributed by atoms with Gasteiger partial charge in [-0.1, -0.05) is 30.3 Å². The minimum atomic E-state index is -3.54. The smallest absolute Gasteiger partial charge is 0.177 e. The lowest BCUT2D eigenvalue weighted by molar-refractivity contribution is 0.600. The van der Waals surface area contributed by atoms with Gasteiger partial charge in [0.1, 0.15) is 0 Å². The van der Waals surface area contributed by atoms with Gasteiger partial charge in [0.2, 0.25) is 0 Å². The first-order valence-corrected chi connectivity index (χ1v) is 11.3. The maximum atomic E-state index is 12.1. The molecular formula is C17H19NO4S2. The Morgan fingerprint density at radius 2 is 1.58 bits per heavy atom. The molecule has 7 heteroatoms. The van der Waals surface area contributed by atoms with Gasteiger partial charge >= 0.3 is 0 Å². The number of anilines is 1. The molecule has 1 fully saturated rings. The van der Waals surface area contributed by atoms with E-state index in [1.165, 1.54) is 23.8 Å². The fraction of sp³-hybridized carbons (Fsp3) is 0.294. The third-order valence-electron chi connectivity index (χ3n) is 4.14. The van der Waals surface area contributed by atoms with Crippen LogP contribution in [0.25, 0.3) is 0 Å². The second-order valence-electron chi connectivity index (χ2n) is 6.21. The highest BCUT2D eigenvalue weighted by Gasteiger charge is 2.38. The van der Waals surface area contributed by atoms with Crippen molar-refractivity contribution in [3.8, 4) is 0 Å². The first-order valence-electron chi connectivity index (χ1n) is 7.52. The van der Waals surface area contributed by atoms with Crippen molar-refractivity contribution in [2.45, 2.75) is 28.2 Å². The van der Waals surface area contributed by atoms with Gasteiger partial charge in [-0.3, -0.25) is 0 Å². The monoisotopic (exact) mass is 365 g/mol. The number of benzene rings is 2. The molecule has 0 spiro atoms. The molecule has 0 aromatic heterocycles. The molecule has 3 rings (SSSR count). The van der Waals surface area contributed by atoms with E-state index in [0.717, 1.165) is 18.9 Å². The van der Waals surface area contributed by atoms with Gasteiger partial charge < -0.3 is 5.32 Å².